The molecule has 0 saturated carbocycles. The molecule has 1 heterocycles. The van der Waals surface area contributed by atoms with Crippen LogP contribution in [-0.2, 0) is 5.33 Å². The van der Waals surface area contributed by atoms with Crippen molar-refractivity contribution in [3.05, 3.63) is 29.3 Å². The fourth-order valence-electron chi connectivity index (χ4n) is 1.02. The van der Waals surface area contributed by atoms with E-state index < -0.39 is 0 Å². The summed E-state index contributed by atoms with van der Waals surface area (Å²) in [6.45, 7) is 0. The highest BCUT2D eigenvalue weighted by Gasteiger charge is 2.06. The van der Waals surface area contributed by atoms with Gasteiger partial charge in [0, 0.05) is 10.9 Å². The fraction of sp³-hybridized carbons (Fsp3) is 0.125. The third kappa shape index (κ3) is 1.16. The Bertz CT molecular complexity index is 307. The summed E-state index contributed by atoms with van der Waals surface area (Å²) in [6.07, 6.45) is 1.77. The SMILES string of the molecule is BrCc1ccc2c(c1)[N]N=C2. The molecule has 1 radical (unpaired) electrons. The third-order valence-corrected chi connectivity index (χ3v) is 2.26. The second kappa shape index (κ2) is 2.66. The van der Waals surface area contributed by atoms with Crippen LogP contribution in [0.3, 0.4) is 0 Å². The van der Waals surface area contributed by atoms with Crippen LogP contribution >= 0.6 is 15.9 Å². The van der Waals surface area contributed by atoms with Gasteiger partial charge in [-0.1, -0.05) is 28.1 Å². The van der Waals surface area contributed by atoms with Gasteiger partial charge in [0.1, 0.15) is 0 Å². The van der Waals surface area contributed by atoms with Gasteiger partial charge in [-0.2, -0.15) is 10.5 Å². The minimum absolute atomic E-state index is 0.871. The van der Waals surface area contributed by atoms with Crippen LogP contribution in [0.5, 0.6) is 0 Å². The zero-order valence-electron chi connectivity index (χ0n) is 5.79. The molecule has 11 heavy (non-hydrogen) atoms. The molecule has 0 amide bonds. The summed E-state index contributed by atoms with van der Waals surface area (Å²) in [7, 11) is 0. The van der Waals surface area contributed by atoms with Crippen molar-refractivity contribution in [1.82, 2.24) is 5.43 Å². The Hall–Kier alpha value is -0.830. The molecule has 0 atom stereocenters. The molecule has 0 fully saturated rings. The average molecular weight is 210 g/mol. The maximum absolute atomic E-state index is 3.96. The topological polar surface area (TPSA) is 26.5 Å². The lowest BCUT2D eigenvalue weighted by molar-refractivity contribution is 0.989. The molecule has 1 aromatic carbocycles. The van der Waals surface area contributed by atoms with E-state index in [2.05, 4.69) is 32.5 Å². The summed E-state index contributed by atoms with van der Waals surface area (Å²) >= 11 is 3.38. The van der Waals surface area contributed by atoms with Crippen LogP contribution in [0.4, 0.5) is 5.69 Å². The molecule has 3 heteroatoms. The van der Waals surface area contributed by atoms with Crippen molar-refractivity contribution in [2.24, 2.45) is 5.10 Å². The van der Waals surface area contributed by atoms with Crippen molar-refractivity contribution >= 4 is 27.8 Å². The number of hydrogen-bond acceptors (Lipinski definition) is 1. The van der Waals surface area contributed by atoms with Crippen molar-refractivity contribution < 1.29 is 0 Å². The van der Waals surface area contributed by atoms with Crippen LogP contribution in [0.1, 0.15) is 11.1 Å². The van der Waals surface area contributed by atoms with Crippen molar-refractivity contribution in [3.8, 4) is 0 Å². The van der Waals surface area contributed by atoms with Gasteiger partial charge < -0.3 is 0 Å². The second-order valence-corrected chi connectivity index (χ2v) is 2.93. The Labute approximate surface area is 73.4 Å². The van der Waals surface area contributed by atoms with E-state index in [1.807, 2.05) is 12.1 Å². The highest BCUT2D eigenvalue weighted by Crippen LogP contribution is 2.21. The molecule has 0 saturated heterocycles. The van der Waals surface area contributed by atoms with Crippen LogP contribution < -0.4 is 5.43 Å². The summed E-state index contributed by atoms with van der Waals surface area (Å²) < 4.78 is 0. The van der Waals surface area contributed by atoms with Crippen LogP contribution in [0.25, 0.3) is 0 Å². The van der Waals surface area contributed by atoms with Gasteiger partial charge in [0.05, 0.1) is 11.9 Å². The first kappa shape index (κ1) is 6.85. The highest BCUT2D eigenvalue weighted by molar-refractivity contribution is 9.08. The molecule has 2 rings (SSSR count). The number of rotatable bonds is 1. The monoisotopic (exact) mass is 209 g/mol. The van der Waals surface area contributed by atoms with Crippen molar-refractivity contribution in [1.29, 1.82) is 0 Å². The molecule has 1 aliphatic rings. The first-order valence-electron chi connectivity index (χ1n) is 3.33. The number of hydrogen-bond donors (Lipinski definition) is 0. The van der Waals surface area contributed by atoms with E-state index >= 15 is 0 Å². The molecule has 1 aliphatic heterocycles. The van der Waals surface area contributed by atoms with Crippen molar-refractivity contribution in [2.45, 2.75) is 5.33 Å². The van der Waals surface area contributed by atoms with Gasteiger partial charge >= 0.3 is 0 Å². The molecule has 55 valence electrons. The molecule has 0 aromatic heterocycles. The third-order valence-electron chi connectivity index (χ3n) is 1.61. The number of halogens is 1. The smallest absolute Gasteiger partial charge is 0.0948 e. The maximum Gasteiger partial charge on any atom is 0.0948 e. The second-order valence-electron chi connectivity index (χ2n) is 2.37. The van der Waals surface area contributed by atoms with E-state index in [-0.39, 0.29) is 0 Å². The van der Waals surface area contributed by atoms with Gasteiger partial charge in [0.25, 0.3) is 0 Å². The van der Waals surface area contributed by atoms with Gasteiger partial charge in [0.2, 0.25) is 0 Å². The summed E-state index contributed by atoms with van der Waals surface area (Å²) in [5, 5.41) is 4.68. The lowest BCUT2D eigenvalue weighted by Gasteiger charge is -1.97. The van der Waals surface area contributed by atoms with Crippen LogP contribution in [0.2, 0.25) is 0 Å². The summed E-state index contributed by atoms with van der Waals surface area (Å²) in [5.74, 6) is 0. The van der Waals surface area contributed by atoms with E-state index in [1.54, 1.807) is 6.21 Å². The average Bonchev–Trinajstić information content (AvgIpc) is 2.50. The van der Waals surface area contributed by atoms with Gasteiger partial charge in [-0.05, 0) is 11.6 Å². The molecule has 2 nitrogen and oxygen atoms in total. The van der Waals surface area contributed by atoms with E-state index in [9.17, 15) is 0 Å². The maximum atomic E-state index is 3.96. The van der Waals surface area contributed by atoms with Crippen LogP contribution in [0, 0.1) is 0 Å². The number of benzene rings is 1. The quantitative estimate of drug-likeness (QED) is 0.635. The summed E-state index contributed by atoms with van der Waals surface area (Å²) in [4.78, 5) is 0. The largest absolute Gasteiger partial charge is 0.158 e. The minimum Gasteiger partial charge on any atom is -0.158 e. The standard InChI is InChI=1S/C8H6BrN2/c9-4-6-1-2-7-5-10-11-8(7)3-6/h1-3,5H,4H2. The predicted molar refractivity (Wildman–Crippen MR) is 48.5 cm³/mol. The number of alkyl halides is 1. The molecule has 0 bridgehead atoms. The molecule has 0 unspecified atom stereocenters. The van der Waals surface area contributed by atoms with Crippen LogP contribution in [0.15, 0.2) is 23.3 Å². The summed E-state index contributed by atoms with van der Waals surface area (Å²) in [6, 6.07) is 6.14. The van der Waals surface area contributed by atoms with E-state index in [1.165, 1.54) is 5.56 Å². The molecular weight excluding hydrogens is 204 g/mol. The van der Waals surface area contributed by atoms with Crippen molar-refractivity contribution in [2.75, 3.05) is 0 Å². The molecule has 0 aliphatic carbocycles. The minimum atomic E-state index is 0.871. The Kier molecular flexibility index (Phi) is 1.66. The van der Waals surface area contributed by atoms with Gasteiger partial charge in [-0.25, -0.2) is 0 Å². The Morgan fingerprint density at radius 2 is 2.27 bits per heavy atom. The first-order chi connectivity index (χ1) is 5.40. The lowest BCUT2D eigenvalue weighted by atomic mass is 10.1. The van der Waals surface area contributed by atoms with Gasteiger partial charge in [-0.3, -0.25) is 0 Å². The van der Waals surface area contributed by atoms with E-state index in [0.717, 1.165) is 16.6 Å². The molecule has 0 spiro atoms. The number of nitrogens with zero attached hydrogens (tertiary/aromatic N) is 2. The molecule has 0 N–H and O–H groups in total. The lowest BCUT2D eigenvalue weighted by Crippen LogP contribution is -1.84. The normalized spacial score (nSPS) is 12.8. The first-order valence-corrected chi connectivity index (χ1v) is 4.45. The molecular formula is C8H6BrN2. The zero-order valence-corrected chi connectivity index (χ0v) is 7.37. The molecule has 1 aromatic rings. The zero-order chi connectivity index (χ0) is 7.68. The fourth-order valence-corrected chi connectivity index (χ4v) is 1.37. The Balaban J connectivity index is 2.45. The van der Waals surface area contributed by atoms with Crippen LogP contribution in [-0.4, -0.2) is 6.21 Å². The Morgan fingerprint density at radius 1 is 1.36 bits per heavy atom. The highest BCUT2D eigenvalue weighted by atomic mass is 79.9. The van der Waals surface area contributed by atoms with E-state index in [0.29, 0.717) is 0 Å². The summed E-state index contributed by atoms with van der Waals surface area (Å²) in [5.41, 5.74) is 7.27. The van der Waals surface area contributed by atoms with Crippen molar-refractivity contribution in [3.63, 3.8) is 0 Å². The van der Waals surface area contributed by atoms with Gasteiger partial charge in [0.15, 0.2) is 0 Å². The Morgan fingerprint density at radius 3 is 3.09 bits per heavy atom. The van der Waals surface area contributed by atoms with Gasteiger partial charge in [-0.15, -0.1) is 0 Å². The predicted octanol–water partition coefficient (Wildman–Crippen LogP) is 2.16. The van der Waals surface area contributed by atoms with E-state index in [4.69, 9.17) is 0 Å². The number of fused-ring (bicyclic) bond motifs is 1.